The summed E-state index contributed by atoms with van der Waals surface area (Å²) in [7, 11) is 0. The summed E-state index contributed by atoms with van der Waals surface area (Å²) in [4.78, 5) is 17.8. The van der Waals surface area contributed by atoms with E-state index in [1.165, 1.54) is 0 Å². The Kier molecular flexibility index (Phi) is 2.97. The molecule has 0 bridgehead atoms. The molecule has 2 rings (SSSR count). The van der Waals surface area contributed by atoms with Gasteiger partial charge in [0.05, 0.1) is 17.9 Å². The number of carbonyl (C=O) groups excluding carboxylic acids is 1. The second-order valence-corrected chi connectivity index (χ2v) is 3.73. The van der Waals surface area contributed by atoms with E-state index in [0.717, 1.165) is 25.2 Å². The molecule has 1 aliphatic heterocycles. The van der Waals surface area contributed by atoms with Crippen LogP contribution in [-0.2, 0) is 4.79 Å². The number of hydrogen-bond acceptors (Lipinski definition) is 3. The number of hydrogen-bond donors (Lipinski definition) is 1. The Balaban J connectivity index is 2.23. The minimum atomic E-state index is -0.104. The predicted molar refractivity (Wildman–Crippen MR) is 58.7 cm³/mol. The van der Waals surface area contributed by atoms with Gasteiger partial charge in [-0.05, 0) is 32.0 Å². The maximum absolute atomic E-state index is 12.0. The number of nitrogens with one attached hydrogen (secondary N) is 1. The Bertz CT molecular complexity index is 339. The van der Waals surface area contributed by atoms with E-state index in [1.54, 1.807) is 17.3 Å². The van der Waals surface area contributed by atoms with Crippen LogP contribution in [0.2, 0.25) is 0 Å². The highest BCUT2D eigenvalue weighted by Crippen LogP contribution is 2.15. The molecule has 0 aliphatic carbocycles. The van der Waals surface area contributed by atoms with Crippen molar-refractivity contribution >= 4 is 11.6 Å². The monoisotopic (exact) mass is 205 g/mol. The van der Waals surface area contributed by atoms with Gasteiger partial charge in [-0.2, -0.15) is 0 Å². The quantitative estimate of drug-likeness (QED) is 0.737. The van der Waals surface area contributed by atoms with Crippen LogP contribution in [0.15, 0.2) is 24.5 Å². The molecule has 1 amide bonds. The minimum absolute atomic E-state index is 0.104. The summed E-state index contributed by atoms with van der Waals surface area (Å²) in [5.74, 6) is 0.125. The van der Waals surface area contributed by atoms with Crippen LogP contribution in [-0.4, -0.2) is 30.0 Å². The number of anilines is 1. The lowest BCUT2D eigenvalue weighted by Gasteiger charge is -2.22. The highest BCUT2D eigenvalue weighted by atomic mass is 16.2. The highest BCUT2D eigenvalue weighted by Gasteiger charge is 2.23. The molecule has 1 fully saturated rings. The van der Waals surface area contributed by atoms with Crippen molar-refractivity contribution in [2.75, 3.05) is 18.0 Å². The number of pyridine rings is 1. The zero-order valence-corrected chi connectivity index (χ0v) is 8.81. The Morgan fingerprint density at radius 1 is 1.60 bits per heavy atom. The van der Waals surface area contributed by atoms with Crippen molar-refractivity contribution in [3.8, 4) is 0 Å². The lowest BCUT2D eigenvalue weighted by Crippen LogP contribution is -2.41. The van der Waals surface area contributed by atoms with Gasteiger partial charge >= 0.3 is 0 Å². The molecule has 0 radical (unpaired) electrons. The molecule has 1 N–H and O–H groups in total. The standard InChI is InChI=1S/C11H15N3O/c1-9-11(15)14(7-3-6-13-9)10-4-2-5-12-8-10/h2,4-5,8-9,13H,3,6-7H2,1H3. The first-order valence-corrected chi connectivity index (χ1v) is 5.24. The van der Waals surface area contributed by atoms with E-state index in [9.17, 15) is 4.79 Å². The number of nitrogens with zero attached hydrogens (tertiary/aromatic N) is 2. The molecule has 1 saturated heterocycles. The molecule has 1 aliphatic rings. The Morgan fingerprint density at radius 2 is 2.47 bits per heavy atom. The van der Waals surface area contributed by atoms with E-state index in [2.05, 4.69) is 10.3 Å². The summed E-state index contributed by atoms with van der Waals surface area (Å²) < 4.78 is 0. The molecule has 80 valence electrons. The summed E-state index contributed by atoms with van der Waals surface area (Å²) >= 11 is 0. The number of aromatic nitrogens is 1. The van der Waals surface area contributed by atoms with Crippen LogP contribution in [0.3, 0.4) is 0 Å². The van der Waals surface area contributed by atoms with Crippen LogP contribution < -0.4 is 10.2 Å². The van der Waals surface area contributed by atoms with Crippen molar-refractivity contribution in [2.24, 2.45) is 0 Å². The summed E-state index contributed by atoms with van der Waals surface area (Å²) in [5.41, 5.74) is 0.887. The molecule has 15 heavy (non-hydrogen) atoms. The van der Waals surface area contributed by atoms with Gasteiger partial charge in [-0.1, -0.05) is 0 Å². The van der Waals surface area contributed by atoms with Gasteiger partial charge in [-0.3, -0.25) is 9.78 Å². The molecular formula is C11H15N3O. The van der Waals surface area contributed by atoms with Crippen LogP contribution in [0.5, 0.6) is 0 Å². The van der Waals surface area contributed by atoms with E-state index in [-0.39, 0.29) is 11.9 Å². The highest BCUT2D eigenvalue weighted by molar-refractivity contribution is 5.97. The van der Waals surface area contributed by atoms with Gasteiger partial charge in [0.15, 0.2) is 0 Å². The Morgan fingerprint density at radius 3 is 3.20 bits per heavy atom. The minimum Gasteiger partial charge on any atom is -0.310 e. The number of rotatable bonds is 1. The summed E-state index contributed by atoms with van der Waals surface area (Å²) in [6.45, 7) is 3.56. The van der Waals surface area contributed by atoms with Crippen LogP contribution in [0.4, 0.5) is 5.69 Å². The maximum atomic E-state index is 12.0. The molecule has 4 nitrogen and oxygen atoms in total. The topological polar surface area (TPSA) is 45.2 Å². The molecule has 0 aromatic carbocycles. The van der Waals surface area contributed by atoms with Crippen molar-refractivity contribution in [2.45, 2.75) is 19.4 Å². The number of amides is 1. The van der Waals surface area contributed by atoms with Gasteiger partial charge in [-0.15, -0.1) is 0 Å². The van der Waals surface area contributed by atoms with Crippen molar-refractivity contribution in [1.29, 1.82) is 0 Å². The second kappa shape index (κ2) is 4.40. The third-order valence-corrected chi connectivity index (χ3v) is 2.60. The molecule has 1 unspecified atom stereocenters. The molecule has 1 aromatic rings. The lowest BCUT2D eigenvalue weighted by molar-refractivity contribution is -0.119. The van der Waals surface area contributed by atoms with E-state index in [0.29, 0.717) is 0 Å². The van der Waals surface area contributed by atoms with E-state index < -0.39 is 0 Å². The first-order chi connectivity index (χ1) is 7.29. The van der Waals surface area contributed by atoms with E-state index in [1.807, 2.05) is 19.1 Å². The molecule has 2 heterocycles. The summed E-state index contributed by atoms with van der Waals surface area (Å²) in [6.07, 6.45) is 4.42. The summed E-state index contributed by atoms with van der Waals surface area (Å²) in [6, 6.07) is 3.67. The average molecular weight is 205 g/mol. The van der Waals surface area contributed by atoms with Crippen LogP contribution in [0.25, 0.3) is 0 Å². The summed E-state index contributed by atoms with van der Waals surface area (Å²) in [5, 5.41) is 3.18. The van der Waals surface area contributed by atoms with Gasteiger partial charge < -0.3 is 10.2 Å². The zero-order chi connectivity index (χ0) is 10.7. The van der Waals surface area contributed by atoms with Crippen molar-refractivity contribution in [3.63, 3.8) is 0 Å². The number of carbonyl (C=O) groups is 1. The van der Waals surface area contributed by atoms with Crippen LogP contribution in [0, 0.1) is 0 Å². The van der Waals surface area contributed by atoms with Gasteiger partial charge in [0, 0.05) is 12.7 Å². The van der Waals surface area contributed by atoms with E-state index >= 15 is 0 Å². The molecule has 0 spiro atoms. The molecule has 1 atom stereocenters. The average Bonchev–Trinajstić information content (AvgIpc) is 2.44. The van der Waals surface area contributed by atoms with E-state index in [4.69, 9.17) is 0 Å². The predicted octanol–water partition coefficient (Wildman–Crippen LogP) is 0.796. The van der Waals surface area contributed by atoms with Crippen molar-refractivity contribution in [3.05, 3.63) is 24.5 Å². The zero-order valence-electron chi connectivity index (χ0n) is 8.81. The fraction of sp³-hybridized carbons (Fsp3) is 0.455. The molecule has 0 saturated carbocycles. The first kappa shape index (κ1) is 10.1. The van der Waals surface area contributed by atoms with Gasteiger partial charge in [-0.25, -0.2) is 0 Å². The Labute approximate surface area is 89.3 Å². The third kappa shape index (κ3) is 2.15. The van der Waals surface area contributed by atoms with Crippen molar-refractivity contribution < 1.29 is 4.79 Å². The molecule has 1 aromatic heterocycles. The molecule has 4 heteroatoms. The van der Waals surface area contributed by atoms with Gasteiger partial charge in [0.2, 0.25) is 5.91 Å². The maximum Gasteiger partial charge on any atom is 0.243 e. The molecular weight excluding hydrogens is 190 g/mol. The first-order valence-electron chi connectivity index (χ1n) is 5.24. The van der Waals surface area contributed by atoms with Crippen molar-refractivity contribution in [1.82, 2.24) is 10.3 Å². The normalized spacial score (nSPS) is 22.6. The van der Waals surface area contributed by atoms with Crippen LogP contribution >= 0.6 is 0 Å². The van der Waals surface area contributed by atoms with Gasteiger partial charge in [0.1, 0.15) is 0 Å². The fourth-order valence-electron chi connectivity index (χ4n) is 1.76. The van der Waals surface area contributed by atoms with Crippen LogP contribution in [0.1, 0.15) is 13.3 Å². The fourth-order valence-corrected chi connectivity index (χ4v) is 1.76. The largest absolute Gasteiger partial charge is 0.310 e. The SMILES string of the molecule is CC1NCCCN(c2cccnc2)C1=O. The lowest BCUT2D eigenvalue weighted by atomic mass is 10.2. The smallest absolute Gasteiger partial charge is 0.243 e. The Hall–Kier alpha value is -1.42. The second-order valence-electron chi connectivity index (χ2n) is 3.73. The van der Waals surface area contributed by atoms with Gasteiger partial charge in [0.25, 0.3) is 0 Å². The third-order valence-electron chi connectivity index (χ3n) is 2.60.